The zero-order valence-corrected chi connectivity index (χ0v) is 21.3. The number of guanidine groups is 1. The molecule has 0 bridgehead atoms. The van der Waals surface area contributed by atoms with Crippen LogP contribution < -0.4 is 21.3 Å². The fraction of sp³-hybridized carbons (Fsp3) is 0.364. The first-order chi connectivity index (χ1) is 16.5. The molecule has 0 fully saturated rings. The number of amides is 2. The Kier molecular flexibility index (Phi) is 8.95. The number of thiophene rings is 1. The van der Waals surface area contributed by atoms with Crippen molar-refractivity contribution in [1.29, 1.82) is 0 Å². The largest absolute Gasteiger partial charge is 0.481 e. The summed E-state index contributed by atoms with van der Waals surface area (Å²) in [7, 11) is 0. The average molecular weight is 542 g/mol. The van der Waals surface area contributed by atoms with E-state index in [4.69, 9.17) is 23.2 Å². The Morgan fingerprint density at radius 3 is 2.66 bits per heavy atom. The number of carboxylic acids is 1. The predicted molar refractivity (Wildman–Crippen MR) is 136 cm³/mol. The van der Waals surface area contributed by atoms with Crippen molar-refractivity contribution < 1.29 is 24.6 Å². The van der Waals surface area contributed by atoms with E-state index in [2.05, 4.69) is 26.3 Å². The summed E-state index contributed by atoms with van der Waals surface area (Å²) in [6.45, 7) is 3.85. The van der Waals surface area contributed by atoms with Crippen molar-refractivity contribution in [3.05, 3.63) is 49.1 Å². The van der Waals surface area contributed by atoms with Crippen LogP contribution >= 0.6 is 34.5 Å². The van der Waals surface area contributed by atoms with Gasteiger partial charge < -0.3 is 31.5 Å². The molecule has 2 atom stereocenters. The maximum atomic E-state index is 12.6. The highest BCUT2D eigenvalue weighted by molar-refractivity contribution is 7.14. The van der Waals surface area contributed by atoms with Gasteiger partial charge in [0.05, 0.1) is 42.2 Å². The molecule has 3 rings (SSSR count). The van der Waals surface area contributed by atoms with E-state index < -0.39 is 29.9 Å². The number of anilines is 1. The number of nitrogens with one attached hydrogen (secondary N) is 4. The van der Waals surface area contributed by atoms with Gasteiger partial charge in [0, 0.05) is 21.5 Å². The van der Waals surface area contributed by atoms with Crippen molar-refractivity contribution >= 4 is 64.0 Å². The van der Waals surface area contributed by atoms with E-state index in [0.717, 1.165) is 4.88 Å². The van der Waals surface area contributed by atoms with Gasteiger partial charge in [-0.1, -0.05) is 23.2 Å². The molecule has 1 aliphatic heterocycles. The van der Waals surface area contributed by atoms with Gasteiger partial charge in [-0.05, 0) is 43.2 Å². The van der Waals surface area contributed by atoms with E-state index in [0.29, 0.717) is 44.2 Å². The molecule has 0 spiro atoms. The van der Waals surface area contributed by atoms with E-state index in [1.165, 1.54) is 17.4 Å². The first-order valence-electron chi connectivity index (χ1n) is 10.6. The van der Waals surface area contributed by atoms with Crippen LogP contribution in [0.25, 0.3) is 0 Å². The first-order valence-corrected chi connectivity index (χ1v) is 12.2. The van der Waals surface area contributed by atoms with Gasteiger partial charge in [-0.15, -0.1) is 11.3 Å². The lowest BCUT2D eigenvalue weighted by Gasteiger charge is -2.20. The van der Waals surface area contributed by atoms with Gasteiger partial charge in [-0.3, -0.25) is 19.4 Å². The Balaban J connectivity index is 1.62. The van der Waals surface area contributed by atoms with Crippen molar-refractivity contribution in [2.45, 2.75) is 32.4 Å². The molecule has 0 saturated carbocycles. The molecule has 13 heteroatoms. The number of aliphatic hydroxyl groups excluding tert-OH is 1. The van der Waals surface area contributed by atoms with Crippen LogP contribution in [0.1, 0.15) is 38.1 Å². The van der Waals surface area contributed by atoms with Gasteiger partial charge in [0.2, 0.25) is 5.91 Å². The summed E-state index contributed by atoms with van der Waals surface area (Å²) >= 11 is 13.5. The number of hydrogen-bond donors (Lipinski definition) is 6. The van der Waals surface area contributed by atoms with E-state index in [9.17, 15) is 24.6 Å². The number of nitrogens with zero attached hydrogens (tertiary/aromatic N) is 1. The number of hydrogen-bond acceptors (Lipinski definition) is 8. The van der Waals surface area contributed by atoms with Crippen molar-refractivity contribution in [3.63, 3.8) is 0 Å². The minimum atomic E-state index is -1.12. The molecule has 10 nitrogen and oxygen atoms in total. The molecule has 2 aromatic rings. The maximum Gasteiger partial charge on any atom is 0.305 e. The number of aliphatic imine (C=N–C) groups is 1. The summed E-state index contributed by atoms with van der Waals surface area (Å²) in [6, 6.07) is 3.86. The lowest BCUT2D eigenvalue weighted by molar-refractivity contribution is -0.137. The number of aliphatic hydroxyl groups is 1. The maximum absolute atomic E-state index is 12.6. The minimum Gasteiger partial charge on any atom is -0.481 e. The smallest absolute Gasteiger partial charge is 0.305 e. The van der Waals surface area contributed by atoms with Crippen molar-refractivity contribution in [2.75, 3.05) is 25.0 Å². The van der Waals surface area contributed by atoms with Gasteiger partial charge >= 0.3 is 5.97 Å². The number of β-amino-alcohol motifs (C(OH)–C–C–N with tert-alkyl or cyclic N) is 1. The second-order valence-electron chi connectivity index (χ2n) is 7.93. The molecule has 35 heavy (non-hydrogen) atoms. The normalized spacial score (nSPS) is 16.0. The number of aliphatic carboxylic acids is 1. The Labute approximate surface area is 215 Å². The summed E-state index contributed by atoms with van der Waals surface area (Å²) in [5, 5.41) is 30.7. The van der Waals surface area contributed by atoms with E-state index in [1.54, 1.807) is 19.1 Å². The lowest BCUT2D eigenvalue weighted by Crippen LogP contribution is -2.42. The van der Waals surface area contributed by atoms with E-state index in [1.807, 2.05) is 6.92 Å². The van der Waals surface area contributed by atoms with Crippen LogP contribution in [0.3, 0.4) is 0 Å². The first kappa shape index (κ1) is 26.7. The number of carbonyl (C=O) groups is 3. The highest BCUT2D eigenvalue weighted by atomic mass is 35.5. The summed E-state index contributed by atoms with van der Waals surface area (Å²) in [4.78, 5) is 41.9. The standard InChI is InChI=1S/C22H25Cl2N5O5S/c1-10-14(3-12(23)4-15(10)24)17(6-20(32)33)28-19(31)9-25-21(34)18-5-16(11(2)35-18)29-22-26-7-13(30)8-27-22/h3-5,13,17,30H,6-9H2,1-2H3,(H,25,34)(H,28,31)(H,32,33)(H2,26,27,29)/t17-/m0/s1. The third kappa shape index (κ3) is 7.31. The quantitative estimate of drug-likeness (QED) is 0.300. The molecule has 0 saturated heterocycles. The fourth-order valence-electron chi connectivity index (χ4n) is 3.39. The summed E-state index contributed by atoms with van der Waals surface area (Å²) in [5.74, 6) is -1.63. The molecular weight excluding hydrogens is 517 g/mol. The molecule has 0 radical (unpaired) electrons. The fourth-order valence-corrected chi connectivity index (χ4v) is 4.80. The minimum absolute atomic E-state index is 0.283. The van der Waals surface area contributed by atoms with Crippen molar-refractivity contribution in [3.8, 4) is 0 Å². The third-order valence-electron chi connectivity index (χ3n) is 5.21. The Bertz CT molecular complexity index is 1170. The van der Waals surface area contributed by atoms with E-state index in [-0.39, 0.29) is 19.5 Å². The van der Waals surface area contributed by atoms with Gasteiger partial charge in [0.1, 0.15) is 0 Å². The molecule has 0 aliphatic carbocycles. The third-order valence-corrected chi connectivity index (χ3v) is 6.87. The van der Waals surface area contributed by atoms with Crippen LogP contribution in [0.5, 0.6) is 0 Å². The van der Waals surface area contributed by atoms with Gasteiger partial charge in [0.15, 0.2) is 5.96 Å². The Morgan fingerprint density at radius 1 is 1.26 bits per heavy atom. The van der Waals surface area contributed by atoms with Gasteiger partial charge in [0.25, 0.3) is 5.91 Å². The summed E-state index contributed by atoms with van der Waals surface area (Å²) < 4.78 is 0. The number of benzene rings is 1. The molecule has 1 aromatic heterocycles. The number of carboxylic acid groups (broad SMARTS) is 1. The van der Waals surface area contributed by atoms with Crippen molar-refractivity contribution in [2.24, 2.45) is 4.99 Å². The molecule has 6 N–H and O–H groups in total. The molecule has 2 heterocycles. The van der Waals surface area contributed by atoms with E-state index >= 15 is 0 Å². The van der Waals surface area contributed by atoms with Gasteiger partial charge in [-0.2, -0.15) is 0 Å². The molecule has 1 aliphatic rings. The van der Waals surface area contributed by atoms with Crippen molar-refractivity contribution in [1.82, 2.24) is 16.0 Å². The number of halogens is 2. The molecule has 1 aromatic carbocycles. The molecular formula is C22H25Cl2N5O5S. The zero-order valence-electron chi connectivity index (χ0n) is 18.9. The van der Waals surface area contributed by atoms with Crippen LogP contribution in [0.15, 0.2) is 23.2 Å². The van der Waals surface area contributed by atoms with Crippen LogP contribution in [-0.4, -0.2) is 59.7 Å². The highest BCUT2D eigenvalue weighted by Crippen LogP contribution is 2.30. The molecule has 1 unspecified atom stereocenters. The number of rotatable bonds is 8. The summed E-state index contributed by atoms with van der Waals surface area (Å²) in [6.07, 6.45) is -0.919. The second-order valence-corrected chi connectivity index (χ2v) is 10.0. The second kappa shape index (κ2) is 11.7. The lowest BCUT2D eigenvalue weighted by atomic mass is 9.98. The topological polar surface area (TPSA) is 152 Å². The number of aryl methyl sites for hydroxylation is 1. The van der Waals surface area contributed by atoms with Crippen LogP contribution in [0.2, 0.25) is 10.0 Å². The Morgan fingerprint density at radius 2 is 2.00 bits per heavy atom. The molecule has 188 valence electrons. The SMILES string of the molecule is Cc1sc(C(=O)NCC(=O)N[C@@H](CC(=O)O)c2cc(Cl)cc(Cl)c2C)cc1NC1=NCC(O)CN1. The van der Waals surface area contributed by atoms with Crippen LogP contribution in [-0.2, 0) is 9.59 Å². The summed E-state index contributed by atoms with van der Waals surface area (Å²) in [5.41, 5.74) is 1.77. The Hall–Kier alpha value is -2.86. The van der Waals surface area contributed by atoms with Gasteiger partial charge in [-0.25, -0.2) is 0 Å². The predicted octanol–water partition coefficient (Wildman–Crippen LogP) is 2.47. The monoisotopic (exact) mass is 541 g/mol. The van der Waals surface area contributed by atoms with Crippen LogP contribution in [0, 0.1) is 13.8 Å². The molecule has 2 amide bonds. The highest BCUT2D eigenvalue weighted by Gasteiger charge is 2.22. The zero-order chi connectivity index (χ0) is 25.7. The average Bonchev–Trinajstić information content (AvgIpc) is 3.15. The van der Waals surface area contributed by atoms with Crippen LogP contribution in [0.4, 0.5) is 5.69 Å². The number of carbonyl (C=O) groups excluding carboxylic acids is 2.